The zero-order valence-corrected chi connectivity index (χ0v) is 13.4. The van der Waals surface area contributed by atoms with Gasteiger partial charge in [-0.3, -0.25) is 13.9 Å². The molecule has 1 aliphatic heterocycles. The molecule has 2 aromatic rings. The lowest BCUT2D eigenvalue weighted by atomic mass is 10.2. The van der Waals surface area contributed by atoms with Crippen LogP contribution in [0.5, 0.6) is 0 Å². The molecule has 1 N–H and O–H groups in total. The SMILES string of the molecule is Cl.Cn1c(CN2CCNc3ccccc32)cc(=O)n(C)c1=O. The first-order valence-corrected chi connectivity index (χ1v) is 6.91. The Balaban J connectivity index is 0.00000176. The topological polar surface area (TPSA) is 59.3 Å². The fourth-order valence-electron chi connectivity index (χ4n) is 2.63. The Morgan fingerprint density at radius 3 is 2.64 bits per heavy atom. The molecule has 1 aromatic heterocycles. The highest BCUT2D eigenvalue weighted by Crippen LogP contribution is 2.29. The number of fused-ring (bicyclic) bond motifs is 1. The lowest BCUT2D eigenvalue weighted by Crippen LogP contribution is -2.41. The summed E-state index contributed by atoms with van der Waals surface area (Å²) in [6.45, 7) is 2.22. The number of anilines is 2. The van der Waals surface area contributed by atoms with Gasteiger partial charge in [0.2, 0.25) is 0 Å². The molecular weight excluding hydrogens is 304 g/mol. The third kappa shape index (κ3) is 2.74. The van der Waals surface area contributed by atoms with Crippen LogP contribution in [0, 0.1) is 0 Å². The van der Waals surface area contributed by atoms with Crippen LogP contribution in [-0.2, 0) is 20.6 Å². The van der Waals surface area contributed by atoms with Crippen molar-refractivity contribution in [2.75, 3.05) is 23.3 Å². The van der Waals surface area contributed by atoms with E-state index < -0.39 is 0 Å². The molecule has 1 aromatic carbocycles. The van der Waals surface area contributed by atoms with Crippen molar-refractivity contribution in [3.63, 3.8) is 0 Å². The molecule has 22 heavy (non-hydrogen) atoms. The van der Waals surface area contributed by atoms with Crippen LogP contribution in [0.2, 0.25) is 0 Å². The van der Waals surface area contributed by atoms with Gasteiger partial charge in [0.05, 0.1) is 17.9 Å². The van der Waals surface area contributed by atoms with Gasteiger partial charge in [-0.15, -0.1) is 12.4 Å². The molecular formula is C15H19ClN4O2. The summed E-state index contributed by atoms with van der Waals surface area (Å²) in [5.41, 5.74) is 2.34. The average Bonchev–Trinajstić information content (AvgIpc) is 2.51. The number of nitrogens with zero attached hydrogens (tertiary/aromatic N) is 3. The molecule has 0 amide bonds. The fourth-order valence-corrected chi connectivity index (χ4v) is 2.63. The highest BCUT2D eigenvalue weighted by Gasteiger charge is 2.17. The first kappa shape index (κ1) is 16.2. The second-order valence-corrected chi connectivity index (χ2v) is 5.24. The van der Waals surface area contributed by atoms with Gasteiger partial charge in [0.15, 0.2) is 0 Å². The zero-order valence-electron chi connectivity index (χ0n) is 12.6. The monoisotopic (exact) mass is 322 g/mol. The second-order valence-electron chi connectivity index (χ2n) is 5.24. The van der Waals surface area contributed by atoms with E-state index in [1.165, 1.54) is 17.7 Å². The Morgan fingerprint density at radius 1 is 1.14 bits per heavy atom. The van der Waals surface area contributed by atoms with Gasteiger partial charge in [-0.1, -0.05) is 12.1 Å². The minimum atomic E-state index is -0.291. The van der Waals surface area contributed by atoms with Gasteiger partial charge in [0, 0.05) is 38.9 Å². The van der Waals surface area contributed by atoms with E-state index in [9.17, 15) is 9.59 Å². The molecule has 3 rings (SSSR count). The molecule has 0 spiro atoms. The van der Waals surface area contributed by atoms with Gasteiger partial charge in [0.1, 0.15) is 0 Å². The molecule has 118 valence electrons. The summed E-state index contributed by atoms with van der Waals surface area (Å²) in [6.07, 6.45) is 0. The number of hydrogen-bond acceptors (Lipinski definition) is 4. The summed E-state index contributed by atoms with van der Waals surface area (Å²) in [5.74, 6) is 0. The number of benzene rings is 1. The van der Waals surface area contributed by atoms with E-state index in [0.717, 1.165) is 34.7 Å². The first-order chi connectivity index (χ1) is 10.1. The molecule has 6 nitrogen and oxygen atoms in total. The summed E-state index contributed by atoms with van der Waals surface area (Å²) in [7, 11) is 3.19. The van der Waals surface area contributed by atoms with Crippen LogP contribution in [0.15, 0.2) is 39.9 Å². The Kier molecular flexibility index (Phi) is 4.61. The van der Waals surface area contributed by atoms with Crippen molar-refractivity contribution in [1.29, 1.82) is 0 Å². The third-order valence-electron chi connectivity index (χ3n) is 3.92. The minimum Gasteiger partial charge on any atom is -0.382 e. The van der Waals surface area contributed by atoms with Crippen LogP contribution < -0.4 is 21.5 Å². The molecule has 0 saturated heterocycles. The third-order valence-corrected chi connectivity index (χ3v) is 3.92. The maximum absolute atomic E-state index is 12.0. The number of para-hydroxylation sites is 2. The summed E-state index contributed by atoms with van der Waals surface area (Å²) in [5, 5.41) is 3.35. The van der Waals surface area contributed by atoms with Crippen molar-refractivity contribution in [3.05, 3.63) is 56.9 Å². The van der Waals surface area contributed by atoms with Gasteiger partial charge in [-0.25, -0.2) is 4.79 Å². The molecule has 0 unspecified atom stereocenters. The Morgan fingerprint density at radius 2 is 1.86 bits per heavy atom. The van der Waals surface area contributed by atoms with Crippen LogP contribution in [-0.4, -0.2) is 22.2 Å². The quantitative estimate of drug-likeness (QED) is 0.894. The highest BCUT2D eigenvalue weighted by molar-refractivity contribution is 5.85. The summed E-state index contributed by atoms with van der Waals surface area (Å²) in [6, 6.07) is 9.59. The maximum atomic E-state index is 12.0. The molecule has 0 saturated carbocycles. The van der Waals surface area contributed by atoms with Crippen LogP contribution in [0.25, 0.3) is 0 Å². The second kappa shape index (κ2) is 6.27. The number of aromatic nitrogens is 2. The van der Waals surface area contributed by atoms with Crippen LogP contribution in [0.3, 0.4) is 0 Å². The van der Waals surface area contributed by atoms with Gasteiger partial charge >= 0.3 is 5.69 Å². The van der Waals surface area contributed by atoms with Crippen LogP contribution in [0.1, 0.15) is 5.69 Å². The predicted octanol–water partition coefficient (Wildman–Crippen LogP) is 0.938. The van der Waals surface area contributed by atoms with Gasteiger partial charge in [-0.05, 0) is 12.1 Å². The zero-order chi connectivity index (χ0) is 15.0. The van der Waals surface area contributed by atoms with Crippen molar-refractivity contribution in [3.8, 4) is 0 Å². The van der Waals surface area contributed by atoms with Gasteiger partial charge in [-0.2, -0.15) is 0 Å². The Labute approximate surface area is 134 Å². The maximum Gasteiger partial charge on any atom is 0.330 e. The van der Waals surface area contributed by atoms with Gasteiger partial charge < -0.3 is 10.2 Å². The van der Waals surface area contributed by atoms with Crippen LogP contribution >= 0.6 is 12.4 Å². The number of nitrogens with one attached hydrogen (secondary N) is 1. The van der Waals surface area contributed by atoms with Gasteiger partial charge in [0.25, 0.3) is 5.56 Å². The molecule has 0 bridgehead atoms. The Hall–Kier alpha value is -2.21. The predicted molar refractivity (Wildman–Crippen MR) is 90.2 cm³/mol. The Bertz CT molecular complexity index is 797. The molecule has 0 aliphatic carbocycles. The molecule has 1 aliphatic rings. The van der Waals surface area contributed by atoms with Crippen molar-refractivity contribution in [2.45, 2.75) is 6.54 Å². The average molecular weight is 323 g/mol. The lowest BCUT2D eigenvalue weighted by Gasteiger charge is -2.32. The molecule has 0 radical (unpaired) electrons. The largest absolute Gasteiger partial charge is 0.382 e. The van der Waals surface area contributed by atoms with Crippen molar-refractivity contribution in [1.82, 2.24) is 9.13 Å². The van der Waals surface area contributed by atoms with E-state index in [-0.39, 0.29) is 23.7 Å². The van der Waals surface area contributed by atoms with Crippen LogP contribution in [0.4, 0.5) is 11.4 Å². The van der Waals surface area contributed by atoms with E-state index in [2.05, 4.69) is 10.2 Å². The summed E-state index contributed by atoms with van der Waals surface area (Å²) >= 11 is 0. The minimum absolute atomic E-state index is 0. The first-order valence-electron chi connectivity index (χ1n) is 6.91. The van der Waals surface area contributed by atoms with Crippen molar-refractivity contribution in [2.24, 2.45) is 14.1 Å². The molecule has 0 atom stereocenters. The van der Waals surface area contributed by atoms with E-state index in [4.69, 9.17) is 0 Å². The smallest absolute Gasteiger partial charge is 0.330 e. The number of halogens is 1. The highest BCUT2D eigenvalue weighted by atomic mass is 35.5. The normalized spacial score (nSPS) is 13.1. The number of rotatable bonds is 2. The molecule has 7 heteroatoms. The van der Waals surface area contributed by atoms with E-state index in [1.54, 1.807) is 7.05 Å². The number of hydrogen-bond donors (Lipinski definition) is 1. The molecule has 0 fully saturated rings. The van der Waals surface area contributed by atoms with Crippen molar-refractivity contribution < 1.29 is 0 Å². The van der Waals surface area contributed by atoms with E-state index in [0.29, 0.717) is 6.54 Å². The fraction of sp³-hybridized carbons (Fsp3) is 0.333. The van der Waals surface area contributed by atoms with E-state index >= 15 is 0 Å². The summed E-state index contributed by atoms with van der Waals surface area (Å²) < 4.78 is 2.65. The summed E-state index contributed by atoms with van der Waals surface area (Å²) in [4.78, 5) is 26.0. The van der Waals surface area contributed by atoms with Crippen molar-refractivity contribution >= 4 is 23.8 Å². The standard InChI is InChI=1S/C15H18N4O2.ClH/c1-17-11(9-14(20)18(2)15(17)21)10-19-8-7-16-12-5-3-4-6-13(12)19;/h3-6,9,16H,7-8,10H2,1-2H3;1H. The van der Waals surface area contributed by atoms with E-state index in [1.807, 2.05) is 24.3 Å². The molecule has 2 heterocycles. The lowest BCUT2D eigenvalue weighted by molar-refractivity contribution is 0.633.